The molecule has 3 atom stereocenters. The predicted octanol–water partition coefficient (Wildman–Crippen LogP) is 3.45. The predicted molar refractivity (Wildman–Crippen MR) is 75.3 cm³/mol. The number of aryl methyl sites for hydroxylation is 1. The minimum absolute atomic E-state index is 0.578. The van der Waals surface area contributed by atoms with Gasteiger partial charge in [-0.1, -0.05) is 26.0 Å². The van der Waals surface area contributed by atoms with Crippen molar-refractivity contribution in [3.8, 4) is 0 Å². The number of anilines is 2. The molecule has 1 aromatic rings. The first-order valence-electron chi connectivity index (χ1n) is 6.62. The molecular formula is C15H24N2. The maximum absolute atomic E-state index is 6.16. The first-order chi connectivity index (χ1) is 8.00. The molecule has 1 saturated heterocycles. The standard InChI is InChI=1S/C15H24N2/c1-10-8-12(3)13(4)17(9-10)15-11(2)6-5-7-14(15)16/h5-7,10,12-13H,8-9,16H2,1-4H3. The molecule has 1 aromatic carbocycles. The Bertz CT molecular complexity index is 380. The van der Waals surface area contributed by atoms with Gasteiger partial charge in [0.15, 0.2) is 0 Å². The van der Waals surface area contributed by atoms with Crippen molar-refractivity contribution in [3.05, 3.63) is 23.8 Å². The van der Waals surface area contributed by atoms with Crippen LogP contribution in [0.3, 0.4) is 0 Å². The number of nitrogens with two attached hydrogens (primary N) is 1. The van der Waals surface area contributed by atoms with E-state index in [9.17, 15) is 0 Å². The SMILES string of the molecule is Cc1cccc(N)c1N1CC(C)CC(C)C1C. The van der Waals surface area contributed by atoms with Crippen LogP contribution in [-0.4, -0.2) is 12.6 Å². The second-order valence-corrected chi connectivity index (χ2v) is 5.72. The van der Waals surface area contributed by atoms with Crippen molar-refractivity contribution in [3.63, 3.8) is 0 Å². The second kappa shape index (κ2) is 4.59. The largest absolute Gasteiger partial charge is 0.397 e. The van der Waals surface area contributed by atoms with Gasteiger partial charge in [0.05, 0.1) is 11.4 Å². The van der Waals surface area contributed by atoms with Crippen LogP contribution < -0.4 is 10.6 Å². The molecule has 0 bridgehead atoms. The van der Waals surface area contributed by atoms with E-state index in [1.165, 1.54) is 17.7 Å². The van der Waals surface area contributed by atoms with Crippen LogP contribution in [0.25, 0.3) is 0 Å². The molecule has 1 heterocycles. The summed E-state index contributed by atoms with van der Waals surface area (Å²) < 4.78 is 0. The summed E-state index contributed by atoms with van der Waals surface area (Å²) in [5.74, 6) is 1.48. The van der Waals surface area contributed by atoms with Gasteiger partial charge in [-0.05, 0) is 43.7 Å². The van der Waals surface area contributed by atoms with Crippen molar-refractivity contribution >= 4 is 11.4 Å². The summed E-state index contributed by atoms with van der Waals surface area (Å²) in [7, 11) is 0. The van der Waals surface area contributed by atoms with E-state index in [-0.39, 0.29) is 0 Å². The summed E-state index contributed by atoms with van der Waals surface area (Å²) in [5, 5.41) is 0. The van der Waals surface area contributed by atoms with Crippen molar-refractivity contribution in [2.45, 2.75) is 40.2 Å². The third kappa shape index (κ3) is 2.26. The van der Waals surface area contributed by atoms with Gasteiger partial charge in [-0.2, -0.15) is 0 Å². The molecule has 0 spiro atoms. The van der Waals surface area contributed by atoms with Crippen LogP contribution in [0.1, 0.15) is 32.8 Å². The smallest absolute Gasteiger partial charge is 0.0632 e. The van der Waals surface area contributed by atoms with Crippen LogP contribution in [0, 0.1) is 18.8 Å². The van der Waals surface area contributed by atoms with E-state index >= 15 is 0 Å². The molecule has 0 aromatic heterocycles. The van der Waals surface area contributed by atoms with E-state index in [1.54, 1.807) is 0 Å². The van der Waals surface area contributed by atoms with Gasteiger partial charge in [-0.25, -0.2) is 0 Å². The Morgan fingerprint density at radius 2 is 1.94 bits per heavy atom. The fourth-order valence-electron chi connectivity index (χ4n) is 3.08. The normalized spacial score (nSPS) is 29.4. The Balaban J connectivity index is 2.38. The maximum atomic E-state index is 6.16. The van der Waals surface area contributed by atoms with Crippen molar-refractivity contribution in [1.82, 2.24) is 0 Å². The lowest BCUT2D eigenvalue weighted by Gasteiger charge is -2.43. The van der Waals surface area contributed by atoms with Gasteiger partial charge in [-0.15, -0.1) is 0 Å². The van der Waals surface area contributed by atoms with Gasteiger partial charge in [0, 0.05) is 12.6 Å². The molecule has 17 heavy (non-hydrogen) atoms. The number of rotatable bonds is 1. The highest BCUT2D eigenvalue weighted by atomic mass is 15.2. The molecular weight excluding hydrogens is 208 g/mol. The average Bonchev–Trinajstić information content (AvgIpc) is 2.24. The Morgan fingerprint density at radius 3 is 2.59 bits per heavy atom. The number of piperidine rings is 1. The zero-order valence-electron chi connectivity index (χ0n) is 11.4. The monoisotopic (exact) mass is 232 g/mol. The van der Waals surface area contributed by atoms with E-state index < -0.39 is 0 Å². The number of para-hydroxylation sites is 1. The first-order valence-corrected chi connectivity index (χ1v) is 6.62. The summed E-state index contributed by atoms with van der Waals surface area (Å²) in [6.45, 7) is 10.3. The van der Waals surface area contributed by atoms with E-state index in [1.807, 2.05) is 12.1 Å². The van der Waals surface area contributed by atoms with Crippen LogP contribution in [0.15, 0.2) is 18.2 Å². The van der Waals surface area contributed by atoms with E-state index in [4.69, 9.17) is 5.73 Å². The Kier molecular flexibility index (Phi) is 3.32. The lowest BCUT2D eigenvalue weighted by molar-refractivity contribution is 0.297. The minimum Gasteiger partial charge on any atom is -0.397 e. The van der Waals surface area contributed by atoms with Crippen molar-refractivity contribution in [2.24, 2.45) is 11.8 Å². The third-order valence-corrected chi connectivity index (χ3v) is 4.15. The van der Waals surface area contributed by atoms with E-state index in [0.29, 0.717) is 6.04 Å². The number of benzene rings is 1. The van der Waals surface area contributed by atoms with Crippen LogP contribution in [0.2, 0.25) is 0 Å². The number of nitrogens with zero attached hydrogens (tertiary/aromatic N) is 1. The molecule has 1 fully saturated rings. The summed E-state index contributed by atoms with van der Waals surface area (Å²) >= 11 is 0. The Morgan fingerprint density at radius 1 is 1.24 bits per heavy atom. The summed E-state index contributed by atoms with van der Waals surface area (Å²) in [6.07, 6.45) is 1.32. The lowest BCUT2D eigenvalue weighted by Crippen LogP contribution is -2.46. The van der Waals surface area contributed by atoms with Gasteiger partial charge in [0.25, 0.3) is 0 Å². The van der Waals surface area contributed by atoms with Crippen molar-refractivity contribution < 1.29 is 0 Å². The quantitative estimate of drug-likeness (QED) is 0.751. The van der Waals surface area contributed by atoms with E-state index in [0.717, 1.165) is 24.1 Å². The van der Waals surface area contributed by atoms with E-state index in [2.05, 4.69) is 38.7 Å². The molecule has 1 aliphatic heterocycles. The third-order valence-electron chi connectivity index (χ3n) is 4.15. The highest BCUT2D eigenvalue weighted by Gasteiger charge is 2.30. The fraction of sp³-hybridized carbons (Fsp3) is 0.600. The molecule has 3 unspecified atom stereocenters. The number of nitrogen functional groups attached to an aromatic ring is 1. The van der Waals surface area contributed by atoms with Gasteiger partial charge in [0.1, 0.15) is 0 Å². The molecule has 1 aliphatic rings. The van der Waals surface area contributed by atoms with Crippen LogP contribution >= 0.6 is 0 Å². The van der Waals surface area contributed by atoms with Gasteiger partial charge < -0.3 is 10.6 Å². The highest BCUT2D eigenvalue weighted by Crippen LogP contribution is 2.36. The molecule has 2 heteroatoms. The zero-order valence-corrected chi connectivity index (χ0v) is 11.4. The van der Waals surface area contributed by atoms with Gasteiger partial charge in [0.2, 0.25) is 0 Å². The fourth-order valence-corrected chi connectivity index (χ4v) is 3.08. The van der Waals surface area contributed by atoms with Crippen LogP contribution in [0.5, 0.6) is 0 Å². The van der Waals surface area contributed by atoms with Crippen molar-refractivity contribution in [2.75, 3.05) is 17.2 Å². The van der Waals surface area contributed by atoms with Crippen molar-refractivity contribution in [1.29, 1.82) is 0 Å². The molecule has 0 radical (unpaired) electrons. The molecule has 94 valence electrons. The summed E-state index contributed by atoms with van der Waals surface area (Å²) in [6, 6.07) is 6.78. The van der Waals surface area contributed by atoms with Crippen LogP contribution in [-0.2, 0) is 0 Å². The zero-order chi connectivity index (χ0) is 12.6. The minimum atomic E-state index is 0.578. The number of hydrogen-bond donors (Lipinski definition) is 1. The molecule has 0 aliphatic carbocycles. The molecule has 0 amide bonds. The molecule has 2 nitrogen and oxygen atoms in total. The molecule has 2 rings (SSSR count). The second-order valence-electron chi connectivity index (χ2n) is 5.72. The average molecular weight is 232 g/mol. The topological polar surface area (TPSA) is 29.3 Å². The Labute approximate surface area is 105 Å². The molecule has 2 N–H and O–H groups in total. The first kappa shape index (κ1) is 12.3. The number of hydrogen-bond acceptors (Lipinski definition) is 2. The maximum Gasteiger partial charge on any atom is 0.0632 e. The summed E-state index contributed by atoms with van der Waals surface area (Å²) in [5.41, 5.74) is 9.62. The highest BCUT2D eigenvalue weighted by molar-refractivity contribution is 5.72. The Hall–Kier alpha value is -1.18. The van der Waals surface area contributed by atoms with Crippen LogP contribution in [0.4, 0.5) is 11.4 Å². The lowest BCUT2D eigenvalue weighted by atomic mass is 9.85. The van der Waals surface area contributed by atoms with Gasteiger partial charge >= 0.3 is 0 Å². The van der Waals surface area contributed by atoms with Gasteiger partial charge in [-0.3, -0.25) is 0 Å². The molecule has 0 saturated carbocycles. The summed E-state index contributed by atoms with van der Waals surface area (Å²) in [4.78, 5) is 2.50.